The highest BCUT2D eigenvalue weighted by molar-refractivity contribution is 7.89. The third kappa shape index (κ3) is 3.24. The van der Waals surface area contributed by atoms with Crippen LogP contribution >= 0.6 is 0 Å². The fraction of sp³-hybridized carbons (Fsp3) is 0.857. The average molecular weight is 225 g/mol. The summed E-state index contributed by atoms with van der Waals surface area (Å²) in [6.45, 7) is 4.11. The maximum atomic E-state index is 11.4. The molecule has 1 unspecified atom stereocenters. The van der Waals surface area contributed by atoms with E-state index in [2.05, 4.69) is 4.84 Å². The van der Waals surface area contributed by atoms with E-state index in [1.807, 2.05) is 0 Å². The maximum Gasteiger partial charge on any atom is 0.354 e. The highest BCUT2D eigenvalue weighted by Gasteiger charge is 2.26. The summed E-state index contributed by atoms with van der Waals surface area (Å²) >= 11 is 0. The monoisotopic (exact) mass is 225 g/mol. The zero-order valence-electron chi connectivity index (χ0n) is 8.59. The van der Waals surface area contributed by atoms with Gasteiger partial charge in [-0.3, -0.25) is 0 Å². The van der Waals surface area contributed by atoms with Crippen molar-refractivity contribution in [2.45, 2.75) is 32.1 Å². The number of hydroxylamine groups is 1. The lowest BCUT2D eigenvalue weighted by atomic mass is 10.4. The molecule has 0 saturated carbocycles. The van der Waals surface area contributed by atoms with Crippen LogP contribution in [0.4, 0.5) is 0 Å². The molecule has 0 saturated heterocycles. The molecule has 7 heteroatoms. The first kappa shape index (κ1) is 13.3. The van der Waals surface area contributed by atoms with Crippen LogP contribution in [-0.4, -0.2) is 42.4 Å². The van der Waals surface area contributed by atoms with E-state index in [0.29, 0.717) is 4.47 Å². The third-order valence-electron chi connectivity index (χ3n) is 1.51. The molecule has 0 aliphatic heterocycles. The number of aliphatic hydroxyl groups is 1. The summed E-state index contributed by atoms with van der Waals surface area (Å²) in [5.41, 5.74) is 0. The van der Waals surface area contributed by atoms with Crippen molar-refractivity contribution in [1.82, 2.24) is 4.47 Å². The minimum Gasteiger partial charge on any atom is -0.382 e. The normalized spacial score (nSPS) is 14.5. The Hall–Kier alpha value is -0.660. The Morgan fingerprint density at radius 1 is 1.36 bits per heavy atom. The molecule has 0 bridgehead atoms. The van der Waals surface area contributed by atoms with Crippen molar-refractivity contribution in [3.63, 3.8) is 0 Å². The average Bonchev–Trinajstić information content (AvgIpc) is 2.03. The molecule has 0 aromatic rings. The second-order valence-electron chi connectivity index (χ2n) is 3.09. The zero-order valence-corrected chi connectivity index (χ0v) is 9.41. The highest BCUT2D eigenvalue weighted by Crippen LogP contribution is 2.07. The number of hydrogen-bond donors (Lipinski definition) is 1. The van der Waals surface area contributed by atoms with Gasteiger partial charge in [0.15, 0.2) is 6.10 Å². The Morgan fingerprint density at radius 2 is 1.79 bits per heavy atom. The van der Waals surface area contributed by atoms with Gasteiger partial charge in [0.05, 0.1) is 5.25 Å². The van der Waals surface area contributed by atoms with E-state index >= 15 is 0 Å². The SMILES string of the molecule is CC(O)C(=O)ON(C)S(=O)(=O)C(C)C. The molecule has 1 N–H and O–H groups in total. The van der Waals surface area contributed by atoms with E-state index < -0.39 is 27.3 Å². The van der Waals surface area contributed by atoms with Gasteiger partial charge in [-0.25, -0.2) is 13.2 Å². The summed E-state index contributed by atoms with van der Waals surface area (Å²) in [4.78, 5) is 15.2. The molecule has 84 valence electrons. The van der Waals surface area contributed by atoms with E-state index in [-0.39, 0.29) is 0 Å². The number of sulfonamides is 1. The Balaban J connectivity index is 4.51. The van der Waals surface area contributed by atoms with E-state index in [4.69, 9.17) is 5.11 Å². The first-order valence-electron chi connectivity index (χ1n) is 4.07. The predicted molar refractivity (Wildman–Crippen MR) is 49.6 cm³/mol. The second kappa shape index (κ2) is 4.72. The van der Waals surface area contributed by atoms with Crippen molar-refractivity contribution >= 4 is 16.0 Å². The molecule has 1 atom stereocenters. The van der Waals surface area contributed by atoms with Crippen molar-refractivity contribution in [2.24, 2.45) is 0 Å². The second-order valence-corrected chi connectivity index (χ2v) is 5.58. The van der Waals surface area contributed by atoms with Crippen LogP contribution in [0.5, 0.6) is 0 Å². The Kier molecular flexibility index (Phi) is 4.50. The van der Waals surface area contributed by atoms with Crippen LogP contribution in [0.25, 0.3) is 0 Å². The van der Waals surface area contributed by atoms with Crippen LogP contribution in [0.2, 0.25) is 0 Å². The van der Waals surface area contributed by atoms with Gasteiger partial charge in [-0.05, 0) is 25.2 Å². The van der Waals surface area contributed by atoms with Crippen LogP contribution in [0.1, 0.15) is 20.8 Å². The van der Waals surface area contributed by atoms with Crippen LogP contribution in [-0.2, 0) is 19.7 Å². The molecule has 0 aromatic heterocycles. The van der Waals surface area contributed by atoms with Gasteiger partial charge in [0.2, 0.25) is 10.0 Å². The van der Waals surface area contributed by atoms with Gasteiger partial charge in [-0.2, -0.15) is 0 Å². The van der Waals surface area contributed by atoms with E-state index in [9.17, 15) is 13.2 Å². The van der Waals surface area contributed by atoms with Gasteiger partial charge < -0.3 is 9.94 Å². The van der Waals surface area contributed by atoms with Crippen LogP contribution in [0.3, 0.4) is 0 Å². The first-order valence-corrected chi connectivity index (χ1v) is 5.57. The first-order chi connectivity index (χ1) is 6.19. The lowest BCUT2D eigenvalue weighted by Gasteiger charge is -2.18. The summed E-state index contributed by atoms with van der Waals surface area (Å²) in [5.74, 6) is -1.00. The predicted octanol–water partition coefficient (Wildman–Crippen LogP) is -0.505. The van der Waals surface area contributed by atoms with Gasteiger partial charge in [0.25, 0.3) is 0 Å². The lowest BCUT2D eigenvalue weighted by Crippen LogP contribution is -2.37. The van der Waals surface area contributed by atoms with Crippen molar-refractivity contribution in [2.75, 3.05) is 7.05 Å². The molecular weight excluding hydrogens is 210 g/mol. The molecule has 0 aliphatic carbocycles. The molecule has 0 radical (unpaired) electrons. The summed E-state index contributed by atoms with van der Waals surface area (Å²) in [7, 11) is -2.52. The molecule has 0 rings (SSSR count). The molecular formula is C7H15NO5S. The molecule has 0 fully saturated rings. The summed E-state index contributed by atoms with van der Waals surface area (Å²) in [6.07, 6.45) is -1.35. The Bertz CT molecular complexity index is 295. The minimum atomic E-state index is -3.63. The number of carbonyl (C=O) groups is 1. The molecule has 0 amide bonds. The van der Waals surface area contributed by atoms with Crippen molar-refractivity contribution in [1.29, 1.82) is 0 Å². The van der Waals surface area contributed by atoms with Crippen LogP contribution in [0, 0.1) is 0 Å². The molecule has 6 nitrogen and oxygen atoms in total. The third-order valence-corrected chi connectivity index (χ3v) is 3.50. The highest BCUT2D eigenvalue weighted by atomic mass is 32.2. The summed E-state index contributed by atoms with van der Waals surface area (Å²) < 4.78 is 23.2. The zero-order chi connectivity index (χ0) is 11.5. The van der Waals surface area contributed by atoms with Gasteiger partial charge in [-0.15, -0.1) is 0 Å². The number of nitrogens with zero attached hydrogens (tertiary/aromatic N) is 1. The van der Waals surface area contributed by atoms with Crippen molar-refractivity contribution < 1.29 is 23.2 Å². The van der Waals surface area contributed by atoms with Crippen LogP contribution < -0.4 is 0 Å². The van der Waals surface area contributed by atoms with Gasteiger partial charge in [-0.1, -0.05) is 0 Å². The van der Waals surface area contributed by atoms with Gasteiger partial charge in [0.1, 0.15) is 0 Å². The Labute approximate surface area is 83.5 Å². The number of hydrogen-bond acceptors (Lipinski definition) is 5. The number of aliphatic hydroxyl groups excluding tert-OH is 1. The summed E-state index contributed by atoms with van der Waals surface area (Å²) in [6, 6.07) is 0. The topological polar surface area (TPSA) is 83.9 Å². The maximum absolute atomic E-state index is 11.4. The largest absolute Gasteiger partial charge is 0.382 e. The van der Waals surface area contributed by atoms with Crippen molar-refractivity contribution in [3.05, 3.63) is 0 Å². The summed E-state index contributed by atoms with van der Waals surface area (Å²) in [5, 5.41) is 8.09. The van der Waals surface area contributed by atoms with E-state index in [1.54, 1.807) is 0 Å². The fourth-order valence-electron chi connectivity index (χ4n) is 0.552. The number of rotatable bonds is 4. The minimum absolute atomic E-state index is 0.465. The van der Waals surface area contributed by atoms with E-state index in [1.165, 1.54) is 20.8 Å². The van der Waals surface area contributed by atoms with E-state index in [0.717, 1.165) is 7.05 Å². The van der Waals surface area contributed by atoms with Crippen molar-refractivity contribution in [3.8, 4) is 0 Å². The molecule has 0 aromatic carbocycles. The number of carbonyl (C=O) groups excluding carboxylic acids is 1. The fourth-order valence-corrected chi connectivity index (χ4v) is 1.32. The standard InChI is InChI=1S/C7H15NO5S/c1-5(2)14(11,12)8(4)13-7(10)6(3)9/h5-6,9H,1-4H3. The smallest absolute Gasteiger partial charge is 0.354 e. The molecule has 0 aliphatic rings. The van der Waals surface area contributed by atoms with Gasteiger partial charge in [0, 0.05) is 7.05 Å². The van der Waals surface area contributed by atoms with Gasteiger partial charge >= 0.3 is 5.97 Å². The van der Waals surface area contributed by atoms with Crippen LogP contribution in [0.15, 0.2) is 0 Å². The molecule has 0 spiro atoms. The Morgan fingerprint density at radius 3 is 2.07 bits per heavy atom. The lowest BCUT2D eigenvalue weighted by molar-refractivity contribution is -0.175. The molecule has 0 heterocycles. The molecule has 14 heavy (non-hydrogen) atoms. The quantitative estimate of drug-likeness (QED) is 0.652.